The lowest BCUT2D eigenvalue weighted by Crippen LogP contribution is -2.32. The standard InChI is InChI=1S/C19H17N3OS2/c20-11-15-5-7-16(8-6-15)21-19(23)14-22(12-17-3-1-9-24-17)13-18-4-2-10-25-18/h1-10H,12-14H2,(H,21,23). The van der Waals surface area contributed by atoms with Gasteiger partial charge in [-0.2, -0.15) is 5.26 Å². The zero-order chi connectivity index (χ0) is 17.5. The van der Waals surface area contributed by atoms with E-state index in [0.717, 1.165) is 13.1 Å². The smallest absolute Gasteiger partial charge is 0.238 e. The molecule has 6 heteroatoms. The van der Waals surface area contributed by atoms with Gasteiger partial charge in [0.25, 0.3) is 0 Å². The average Bonchev–Trinajstić information content (AvgIpc) is 3.29. The monoisotopic (exact) mass is 367 g/mol. The van der Waals surface area contributed by atoms with Gasteiger partial charge in [-0.25, -0.2) is 0 Å². The van der Waals surface area contributed by atoms with Crippen LogP contribution >= 0.6 is 22.7 Å². The maximum absolute atomic E-state index is 12.4. The molecule has 25 heavy (non-hydrogen) atoms. The first-order valence-electron chi connectivity index (χ1n) is 7.80. The quantitative estimate of drug-likeness (QED) is 0.676. The number of benzene rings is 1. The topological polar surface area (TPSA) is 56.1 Å². The van der Waals surface area contributed by atoms with Crippen LogP contribution in [-0.2, 0) is 17.9 Å². The van der Waals surface area contributed by atoms with Crippen LogP contribution in [0.2, 0.25) is 0 Å². The Morgan fingerprint density at radius 3 is 2.08 bits per heavy atom. The van der Waals surface area contributed by atoms with Gasteiger partial charge in [-0.1, -0.05) is 12.1 Å². The van der Waals surface area contributed by atoms with Crippen molar-refractivity contribution in [1.29, 1.82) is 5.26 Å². The number of anilines is 1. The number of amides is 1. The molecule has 0 radical (unpaired) electrons. The van der Waals surface area contributed by atoms with Gasteiger partial charge in [0, 0.05) is 28.5 Å². The lowest BCUT2D eigenvalue weighted by Gasteiger charge is -2.20. The summed E-state index contributed by atoms with van der Waals surface area (Å²) in [5.74, 6) is -0.0576. The van der Waals surface area contributed by atoms with E-state index in [-0.39, 0.29) is 5.91 Å². The van der Waals surface area contributed by atoms with Gasteiger partial charge in [-0.3, -0.25) is 9.69 Å². The Morgan fingerprint density at radius 2 is 1.60 bits per heavy atom. The van der Waals surface area contributed by atoms with Gasteiger partial charge in [0.05, 0.1) is 18.2 Å². The summed E-state index contributed by atoms with van der Waals surface area (Å²) in [6.45, 7) is 1.81. The van der Waals surface area contributed by atoms with Crippen molar-refractivity contribution in [2.45, 2.75) is 13.1 Å². The number of nitrogens with one attached hydrogen (secondary N) is 1. The van der Waals surface area contributed by atoms with Gasteiger partial charge in [0.1, 0.15) is 0 Å². The van der Waals surface area contributed by atoms with Crippen molar-refractivity contribution in [2.75, 3.05) is 11.9 Å². The number of rotatable bonds is 7. The van der Waals surface area contributed by atoms with Crippen LogP contribution in [0, 0.1) is 11.3 Å². The Bertz CT molecular complexity index is 798. The van der Waals surface area contributed by atoms with E-state index in [4.69, 9.17) is 5.26 Å². The van der Waals surface area contributed by atoms with E-state index in [1.165, 1.54) is 9.75 Å². The molecule has 4 nitrogen and oxygen atoms in total. The van der Waals surface area contributed by atoms with Crippen LogP contribution < -0.4 is 5.32 Å². The molecule has 0 unspecified atom stereocenters. The highest BCUT2D eigenvalue weighted by Crippen LogP contribution is 2.17. The number of hydrogen-bond acceptors (Lipinski definition) is 5. The number of hydrogen-bond donors (Lipinski definition) is 1. The minimum Gasteiger partial charge on any atom is -0.325 e. The molecule has 2 heterocycles. The molecule has 1 N–H and O–H groups in total. The number of thiophene rings is 2. The first kappa shape index (κ1) is 17.4. The fourth-order valence-electron chi connectivity index (χ4n) is 2.45. The molecule has 1 aromatic carbocycles. The molecule has 3 rings (SSSR count). The predicted octanol–water partition coefficient (Wildman–Crippen LogP) is 4.32. The fourth-order valence-corrected chi connectivity index (χ4v) is 3.94. The number of carbonyl (C=O) groups is 1. The second-order valence-electron chi connectivity index (χ2n) is 5.54. The van der Waals surface area contributed by atoms with E-state index in [1.54, 1.807) is 46.9 Å². The minimum atomic E-state index is -0.0576. The molecule has 2 aromatic heterocycles. The van der Waals surface area contributed by atoms with Gasteiger partial charge in [-0.05, 0) is 47.2 Å². The van der Waals surface area contributed by atoms with Crippen LogP contribution in [0.4, 0.5) is 5.69 Å². The molecule has 0 aliphatic heterocycles. The SMILES string of the molecule is N#Cc1ccc(NC(=O)CN(Cc2cccs2)Cc2cccs2)cc1. The molecule has 0 saturated carbocycles. The van der Waals surface area contributed by atoms with Crippen molar-refractivity contribution in [1.82, 2.24) is 4.90 Å². The van der Waals surface area contributed by atoms with Gasteiger partial charge in [0.15, 0.2) is 0 Å². The molecule has 0 fully saturated rings. The largest absolute Gasteiger partial charge is 0.325 e. The van der Waals surface area contributed by atoms with Crippen molar-refractivity contribution in [2.24, 2.45) is 0 Å². The minimum absolute atomic E-state index is 0.0576. The summed E-state index contributed by atoms with van der Waals surface area (Å²) in [6.07, 6.45) is 0. The average molecular weight is 367 g/mol. The Balaban J connectivity index is 1.63. The highest BCUT2D eigenvalue weighted by Gasteiger charge is 2.13. The zero-order valence-electron chi connectivity index (χ0n) is 13.5. The third-order valence-electron chi connectivity index (χ3n) is 3.58. The maximum atomic E-state index is 12.4. The lowest BCUT2D eigenvalue weighted by molar-refractivity contribution is -0.117. The highest BCUT2D eigenvalue weighted by molar-refractivity contribution is 7.10. The Labute approximate surface area is 155 Å². The number of nitrogens with zero attached hydrogens (tertiary/aromatic N) is 2. The van der Waals surface area contributed by atoms with Crippen LogP contribution in [-0.4, -0.2) is 17.4 Å². The maximum Gasteiger partial charge on any atom is 0.238 e. The Kier molecular flexibility index (Phi) is 5.96. The second kappa shape index (κ2) is 8.58. The van der Waals surface area contributed by atoms with Crippen molar-refractivity contribution in [3.8, 4) is 6.07 Å². The summed E-state index contributed by atoms with van der Waals surface area (Å²) < 4.78 is 0. The molecule has 0 aliphatic rings. The molecular formula is C19H17N3OS2. The summed E-state index contributed by atoms with van der Waals surface area (Å²) in [5, 5.41) is 15.8. The van der Waals surface area contributed by atoms with Crippen LogP contribution in [0.25, 0.3) is 0 Å². The Hall–Kier alpha value is -2.46. The molecule has 0 spiro atoms. The van der Waals surface area contributed by atoms with Gasteiger partial charge >= 0.3 is 0 Å². The van der Waals surface area contributed by atoms with E-state index >= 15 is 0 Å². The van der Waals surface area contributed by atoms with Crippen molar-refractivity contribution in [3.05, 3.63) is 74.6 Å². The molecule has 0 atom stereocenters. The number of carbonyl (C=O) groups excluding carboxylic acids is 1. The van der Waals surface area contributed by atoms with Crippen LogP contribution in [0.1, 0.15) is 15.3 Å². The molecule has 0 aliphatic carbocycles. The van der Waals surface area contributed by atoms with Crippen LogP contribution in [0.15, 0.2) is 59.3 Å². The van der Waals surface area contributed by atoms with Crippen molar-refractivity contribution >= 4 is 34.3 Å². The summed E-state index contributed by atoms with van der Waals surface area (Å²) >= 11 is 3.40. The second-order valence-corrected chi connectivity index (χ2v) is 7.61. The highest BCUT2D eigenvalue weighted by atomic mass is 32.1. The predicted molar refractivity (Wildman–Crippen MR) is 103 cm³/mol. The van der Waals surface area contributed by atoms with Crippen LogP contribution in [0.5, 0.6) is 0 Å². The van der Waals surface area contributed by atoms with Crippen LogP contribution in [0.3, 0.4) is 0 Å². The van der Waals surface area contributed by atoms with Crippen molar-refractivity contribution in [3.63, 3.8) is 0 Å². The molecule has 0 saturated heterocycles. The van der Waals surface area contributed by atoms with E-state index in [1.807, 2.05) is 12.1 Å². The van der Waals surface area contributed by atoms with E-state index in [0.29, 0.717) is 17.8 Å². The van der Waals surface area contributed by atoms with Gasteiger partial charge in [0.2, 0.25) is 5.91 Å². The lowest BCUT2D eigenvalue weighted by atomic mass is 10.2. The summed E-state index contributed by atoms with van der Waals surface area (Å²) in [5.41, 5.74) is 1.28. The first-order valence-corrected chi connectivity index (χ1v) is 9.56. The van der Waals surface area contributed by atoms with Gasteiger partial charge < -0.3 is 5.32 Å². The van der Waals surface area contributed by atoms with E-state index < -0.39 is 0 Å². The third kappa shape index (κ3) is 5.26. The summed E-state index contributed by atoms with van der Waals surface area (Å²) in [7, 11) is 0. The Morgan fingerprint density at radius 1 is 1.00 bits per heavy atom. The van der Waals surface area contributed by atoms with E-state index in [9.17, 15) is 4.79 Å². The zero-order valence-corrected chi connectivity index (χ0v) is 15.1. The number of nitriles is 1. The summed E-state index contributed by atoms with van der Waals surface area (Å²) in [4.78, 5) is 17.0. The summed E-state index contributed by atoms with van der Waals surface area (Å²) in [6, 6.07) is 17.2. The first-order chi connectivity index (χ1) is 12.2. The molecule has 1 amide bonds. The molecular weight excluding hydrogens is 350 g/mol. The van der Waals surface area contributed by atoms with Gasteiger partial charge in [-0.15, -0.1) is 22.7 Å². The molecule has 0 bridgehead atoms. The fraction of sp³-hybridized carbons (Fsp3) is 0.158. The molecule has 3 aromatic rings. The van der Waals surface area contributed by atoms with E-state index in [2.05, 4.69) is 39.2 Å². The normalized spacial score (nSPS) is 10.6. The third-order valence-corrected chi connectivity index (χ3v) is 5.31. The molecule has 126 valence electrons. The van der Waals surface area contributed by atoms with Crippen molar-refractivity contribution < 1.29 is 4.79 Å².